The van der Waals surface area contributed by atoms with Crippen molar-refractivity contribution < 1.29 is 12.9 Å². The van der Waals surface area contributed by atoms with E-state index in [9.17, 15) is 8.42 Å². The largest absolute Gasteiger partial charge is 0.361 e. The van der Waals surface area contributed by atoms with Crippen LogP contribution in [0.4, 0.5) is 0 Å². The lowest BCUT2D eigenvalue weighted by molar-refractivity contribution is 0.314. The van der Waals surface area contributed by atoms with Gasteiger partial charge in [-0.2, -0.15) is 0 Å². The number of pyridine rings is 1. The van der Waals surface area contributed by atoms with Gasteiger partial charge in [-0.1, -0.05) is 11.2 Å². The fourth-order valence-corrected chi connectivity index (χ4v) is 4.06. The van der Waals surface area contributed by atoms with Crippen LogP contribution in [0.25, 0.3) is 11.3 Å². The highest BCUT2D eigenvalue weighted by atomic mass is 32.2. The molecule has 0 aromatic carbocycles. The van der Waals surface area contributed by atoms with Gasteiger partial charge in [0.1, 0.15) is 5.76 Å². The normalized spacial score (nSPS) is 19.9. The van der Waals surface area contributed by atoms with Crippen molar-refractivity contribution in [3.05, 3.63) is 35.3 Å². The van der Waals surface area contributed by atoms with Crippen LogP contribution in [0.15, 0.2) is 22.7 Å². The fraction of sp³-hybridized carbons (Fsp3) is 0.500. The Hall–Kier alpha value is -1.73. The molecule has 2 aromatic rings. The third-order valence-corrected chi connectivity index (χ3v) is 5.60. The van der Waals surface area contributed by atoms with Crippen LogP contribution in [0, 0.1) is 13.8 Å². The van der Waals surface area contributed by atoms with Gasteiger partial charge >= 0.3 is 0 Å². The van der Waals surface area contributed by atoms with Gasteiger partial charge in [-0.05, 0) is 38.8 Å². The molecule has 0 aliphatic carbocycles. The molecule has 7 heteroatoms. The van der Waals surface area contributed by atoms with Crippen molar-refractivity contribution in [3.63, 3.8) is 0 Å². The smallest absolute Gasteiger partial charge is 0.211 e. The molecule has 0 spiro atoms. The summed E-state index contributed by atoms with van der Waals surface area (Å²) in [5.41, 5.74) is 3.49. The summed E-state index contributed by atoms with van der Waals surface area (Å²) in [5, 5.41) is 3.98. The lowest BCUT2D eigenvalue weighted by Gasteiger charge is -2.30. The molecule has 0 N–H and O–H groups in total. The van der Waals surface area contributed by atoms with Gasteiger partial charge in [-0.25, -0.2) is 12.7 Å². The van der Waals surface area contributed by atoms with Gasteiger partial charge < -0.3 is 4.52 Å². The molecule has 1 saturated heterocycles. The fourth-order valence-electron chi connectivity index (χ4n) is 3.15. The predicted molar refractivity (Wildman–Crippen MR) is 87.6 cm³/mol. The van der Waals surface area contributed by atoms with E-state index in [0.29, 0.717) is 13.1 Å². The highest BCUT2D eigenvalue weighted by Gasteiger charge is 2.28. The van der Waals surface area contributed by atoms with Crippen LogP contribution in [0.1, 0.15) is 35.9 Å². The maximum atomic E-state index is 11.8. The zero-order valence-electron chi connectivity index (χ0n) is 13.6. The lowest BCUT2D eigenvalue weighted by atomic mass is 9.95. The number of sulfonamides is 1. The second kappa shape index (κ2) is 6.05. The van der Waals surface area contributed by atoms with E-state index in [2.05, 4.69) is 5.16 Å². The molecule has 0 amide bonds. The minimum Gasteiger partial charge on any atom is -0.361 e. The molecule has 0 saturated carbocycles. The van der Waals surface area contributed by atoms with Gasteiger partial charge in [-0.15, -0.1) is 0 Å². The Kier molecular flexibility index (Phi) is 4.25. The van der Waals surface area contributed by atoms with E-state index in [1.807, 2.05) is 32.0 Å². The molecule has 0 unspecified atom stereocenters. The van der Waals surface area contributed by atoms with Crippen molar-refractivity contribution in [2.75, 3.05) is 19.3 Å². The first-order chi connectivity index (χ1) is 10.9. The Morgan fingerprint density at radius 1 is 1.30 bits per heavy atom. The summed E-state index contributed by atoms with van der Waals surface area (Å²) in [7, 11) is -3.15. The number of aromatic nitrogens is 2. The molecule has 0 radical (unpaired) electrons. The number of nitrogens with zero attached hydrogens (tertiary/aromatic N) is 3. The molecular weight excluding hydrogens is 314 g/mol. The second-order valence-electron chi connectivity index (χ2n) is 6.11. The maximum Gasteiger partial charge on any atom is 0.211 e. The van der Waals surface area contributed by atoms with E-state index in [4.69, 9.17) is 9.51 Å². The molecule has 3 heterocycles. The van der Waals surface area contributed by atoms with Gasteiger partial charge in [0, 0.05) is 24.7 Å². The average Bonchev–Trinajstić information content (AvgIpc) is 2.86. The van der Waals surface area contributed by atoms with Crippen molar-refractivity contribution in [1.82, 2.24) is 14.4 Å². The van der Waals surface area contributed by atoms with Crippen molar-refractivity contribution in [1.29, 1.82) is 0 Å². The Labute approximate surface area is 136 Å². The van der Waals surface area contributed by atoms with Gasteiger partial charge in [0.05, 0.1) is 23.2 Å². The van der Waals surface area contributed by atoms with Gasteiger partial charge in [-0.3, -0.25) is 4.98 Å². The van der Waals surface area contributed by atoms with E-state index >= 15 is 0 Å². The highest BCUT2D eigenvalue weighted by molar-refractivity contribution is 7.88. The molecule has 1 aliphatic heterocycles. The lowest BCUT2D eigenvalue weighted by Crippen LogP contribution is -2.38. The molecule has 1 atom stereocenters. The number of aryl methyl sites for hydroxylation is 2. The standard InChI is InChI=1S/C16H21N3O3S/c1-11-16(12(2)22-18-11)15-8-4-7-14(17-15)13-6-5-9-19(10-13)23(3,20)21/h4,7-8,13H,5-6,9-10H2,1-3H3/t13-/m1/s1. The molecule has 1 fully saturated rings. The summed E-state index contributed by atoms with van der Waals surface area (Å²) in [4.78, 5) is 4.76. The van der Waals surface area contributed by atoms with Crippen LogP contribution in [0.3, 0.4) is 0 Å². The third kappa shape index (κ3) is 3.30. The molecule has 23 heavy (non-hydrogen) atoms. The number of hydrogen-bond donors (Lipinski definition) is 0. The van der Waals surface area contributed by atoms with Crippen molar-refractivity contribution in [3.8, 4) is 11.3 Å². The number of hydrogen-bond acceptors (Lipinski definition) is 5. The minimum atomic E-state index is -3.15. The molecule has 0 bridgehead atoms. The van der Waals surface area contributed by atoms with Crippen LogP contribution < -0.4 is 0 Å². The van der Waals surface area contributed by atoms with Gasteiger partial charge in [0.15, 0.2) is 0 Å². The SMILES string of the molecule is Cc1noc(C)c1-c1cccc([C@@H]2CCCN(S(C)(=O)=O)C2)n1. The zero-order valence-corrected chi connectivity index (χ0v) is 14.4. The Morgan fingerprint density at radius 3 is 2.74 bits per heavy atom. The van der Waals surface area contributed by atoms with Crippen molar-refractivity contribution in [2.24, 2.45) is 0 Å². The maximum absolute atomic E-state index is 11.8. The summed E-state index contributed by atoms with van der Waals surface area (Å²) < 4.78 is 30.3. The second-order valence-corrected chi connectivity index (χ2v) is 8.09. The van der Waals surface area contributed by atoms with Crippen LogP contribution in [0.2, 0.25) is 0 Å². The Balaban J connectivity index is 1.91. The predicted octanol–water partition coefficient (Wildman–Crippen LogP) is 2.49. The van der Waals surface area contributed by atoms with Crippen LogP contribution in [-0.2, 0) is 10.0 Å². The van der Waals surface area contributed by atoms with E-state index in [-0.39, 0.29) is 5.92 Å². The summed E-state index contributed by atoms with van der Waals surface area (Å²) in [5.74, 6) is 0.868. The van der Waals surface area contributed by atoms with E-state index in [1.54, 1.807) is 4.31 Å². The molecule has 3 rings (SSSR count). The average molecular weight is 335 g/mol. The quantitative estimate of drug-likeness (QED) is 0.861. The first-order valence-corrected chi connectivity index (χ1v) is 9.56. The topological polar surface area (TPSA) is 76.3 Å². The Bertz CT molecular complexity index is 794. The third-order valence-electron chi connectivity index (χ3n) is 4.33. The summed E-state index contributed by atoms with van der Waals surface area (Å²) >= 11 is 0. The highest BCUT2D eigenvalue weighted by Crippen LogP contribution is 2.30. The summed E-state index contributed by atoms with van der Waals surface area (Å²) in [6.07, 6.45) is 3.07. The molecular formula is C16H21N3O3S. The van der Waals surface area contributed by atoms with Gasteiger partial charge in [0.25, 0.3) is 0 Å². The molecule has 6 nitrogen and oxygen atoms in total. The first-order valence-electron chi connectivity index (χ1n) is 7.71. The molecule has 2 aromatic heterocycles. The van der Waals surface area contributed by atoms with E-state index < -0.39 is 10.0 Å². The first kappa shape index (κ1) is 16.1. The van der Waals surface area contributed by atoms with E-state index in [0.717, 1.165) is 41.2 Å². The van der Waals surface area contributed by atoms with Crippen LogP contribution in [-0.4, -0.2) is 42.2 Å². The van der Waals surface area contributed by atoms with Crippen molar-refractivity contribution >= 4 is 10.0 Å². The number of rotatable bonds is 3. The van der Waals surface area contributed by atoms with Crippen LogP contribution in [0.5, 0.6) is 0 Å². The van der Waals surface area contributed by atoms with Crippen LogP contribution >= 0.6 is 0 Å². The Morgan fingerprint density at radius 2 is 2.09 bits per heavy atom. The molecule has 124 valence electrons. The minimum absolute atomic E-state index is 0.124. The van der Waals surface area contributed by atoms with Gasteiger partial charge in [0.2, 0.25) is 10.0 Å². The zero-order chi connectivity index (χ0) is 16.6. The molecule has 1 aliphatic rings. The van der Waals surface area contributed by atoms with E-state index in [1.165, 1.54) is 6.26 Å². The monoisotopic (exact) mass is 335 g/mol. The summed E-state index contributed by atoms with van der Waals surface area (Å²) in [6, 6.07) is 5.87. The van der Waals surface area contributed by atoms with Crippen molar-refractivity contribution in [2.45, 2.75) is 32.6 Å². The number of piperidine rings is 1. The summed E-state index contributed by atoms with van der Waals surface area (Å²) in [6.45, 7) is 4.86.